The number of furan rings is 1. The quantitative estimate of drug-likeness (QED) is 0.831. The maximum atomic E-state index is 12.1. The first kappa shape index (κ1) is 15.8. The summed E-state index contributed by atoms with van der Waals surface area (Å²) in [6.45, 7) is 3.37. The van der Waals surface area contributed by atoms with Gasteiger partial charge in [-0.15, -0.1) is 0 Å². The molecule has 1 saturated heterocycles. The van der Waals surface area contributed by atoms with Gasteiger partial charge in [-0.3, -0.25) is 9.69 Å². The van der Waals surface area contributed by atoms with Crippen LogP contribution in [0.5, 0.6) is 0 Å². The number of piperidine rings is 1. The maximum Gasteiger partial charge on any atom is 0.224 e. The Labute approximate surface area is 134 Å². The van der Waals surface area contributed by atoms with Crippen LogP contribution in [0.4, 0.5) is 0 Å². The molecule has 2 aromatic rings. The normalized spacial score (nSPS) is 18.9. The average Bonchev–Trinajstić information content (AvgIpc) is 3.24. The fourth-order valence-electron chi connectivity index (χ4n) is 2.90. The van der Waals surface area contributed by atoms with E-state index >= 15 is 0 Å². The van der Waals surface area contributed by atoms with Crippen molar-refractivity contribution in [3.63, 3.8) is 0 Å². The number of hydrogen-bond acceptors (Lipinski definition) is 6. The van der Waals surface area contributed by atoms with Crippen LogP contribution in [0.1, 0.15) is 18.5 Å². The van der Waals surface area contributed by atoms with Gasteiger partial charge in [0.15, 0.2) is 5.76 Å². The van der Waals surface area contributed by atoms with Gasteiger partial charge in [-0.25, -0.2) is 0 Å². The van der Waals surface area contributed by atoms with Gasteiger partial charge in [-0.1, -0.05) is 5.16 Å². The molecule has 1 amide bonds. The molecule has 0 bridgehead atoms. The number of amides is 1. The Hall–Kier alpha value is -2.12. The Morgan fingerprint density at radius 1 is 1.48 bits per heavy atom. The molecule has 1 aliphatic heterocycles. The standard InChI is InChI=1S/C16H22N4O3/c17-5-6-18-16(21)12-3-1-7-20(10-12)11-13-9-15(23-19-13)14-4-2-8-22-14/h2,4,8-9,12H,1,3,5-7,10-11,17H2,(H,18,21). The number of rotatable bonds is 6. The SMILES string of the molecule is NCCNC(=O)C1CCCN(Cc2cc(-c3ccco3)on2)C1. The molecule has 1 atom stereocenters. The van der Waals surface area contributed by atoms with E-state index < -0.39 is 0 Å². The van der Waals surface area contributed by atoms with E-state index in [0.717, 1.165) is 31.6 Å². The summed E-state index contributed by atoms with van der Waals surface area (Å²) >= 11 is 0. The smallest absolute Gasteiger partial charge is 0.224 e. The van der Waals surface area contributed by atoms with Crippen LogP contribution in [0.15, 0.2) is 33.4 Å². The molecular formula is C16H22N4O3. The molecule has 0 radical (unpaired) electrons. The second-order valence-electron chi connectivity index (χ2n) is 5.81. The third-order valence-corrected chi connectivity index (χ3v) is 4.03. The molecule has 0 spiro atoms. The van der Waals surface area contributed by atoms with Gasteiger partial charge < -0.3 is 20.0 Å². The van der Waals surface area contributed by atoms with Crippen molar-refractivity contribution in [3.8, 4) is 11.5 Å². The Bertz CT molecular complexity index is 623. The van der Waals surface area contributed by atoms with E-state index in [4.69, 9.17) is 14.7 Å². The number of carbonyl (C=O) groups is 1. The van der Waals surface area contributed by atoms with Gasteiger partial charge in [-0.05, 0) is 31.5 Å². The largest absolute Gasteiger partial charge is 0.461 e. The summed E-state index contributed by atoms with van der Waals surface area (Å²) < 4.78 is 10.6. The van der Waals surface area contributed by atoms with Gasteiger partial charge >= 0.3 is 0 Å². The predicted octanol–water partition coefficient (Wildman–Crippen LogP) is 1.22. The molecule has 1 aliphatic rings. The minimum Gasteiger partial charge on any atom is -0.461 e. The first-order chi connectivity index (χ1) is 11.3. The molecular weight excluding hydrogens is 296 g/mol. The lowest BCUT2D eigenvalue weighted by molar-refractivity contribution is -0.126. The van der Waals surface area contributed by atoms with Gasteiger partial charge in [0.2, 0.25) is 11.7 Å². The monoisotopic (exact) mass is 318 g/mol. The van der Waals surface area contributed by atoms with E-state index in [-0.39, 0.29) is 11.8 Å². The summed E-state index contributed by atoms with van der Waals surface area (Å²) in [4.78, 5) is 14.3. The van der Waals surface area contributed by atoms with Crippen molar-refractivity contribution in [1.82, 2.24) is 15.4 Å². The number of nitrogens with two attached hydrogens (primary N) is 1. The van der Waals surface area contributed by atoms with Gasteiger partial charge in [0, 0.05) is 32.2 Å². The molecule has 0 saturated carbocycles. The van der Waals surface area contributed by atoms with Gasteiger partial charge in [0.1, 0.15) is 0 Å². The lowest BCUT2D eigenvalue weighted by atomic mass is 9.97. The van der Waals surface area contributed by atoms with Crippen LogP contribution in [-0.4, -0.2) is 42.1 Å². The van der Waals surface area contributed by atoms with Crippen LogP contribution < -0.4 is 11.1 Å². The van der Waals surface area contributed by atoms with Crippen LogP contribution in [0, 0.1) is 5.92 Å². The Morgan fingerprint density at radius 3 is 3.17 bits per heavy atom. The van der Waals surface area contributed by atoms with Crippen LogP contribution in [0.25, 0.3) is 11.5 Å². The van der Waals surface area contributed by atoms with Crippen molar-refractivity contribution in [1.29, 1.82) is 0 Å². The van der Waals surface area contributed by atoms with E-state index in [2.05, 4.69) is 15.4 Å². The average molecular weight is 318 g/mol. The zero-order valence-electron chi connectivity index (χ0n) is 13.0. The second kappa shape index (κ2) is 7.43. The fourth-order valence-corrected chi connectivity index (χ4v) is 2.90. The van der Waals surface area contributed by atoms with E-state index in [0.29, 0.717) is 31.2 Å². The molecule has 7 heteroatoms. The second-order valence-corrected chi connectivity index (χ2v) is 5.81. The topological polar surface area (TPSA) is 97.5 Å². The first-order valence-corrected chi connectivity index (χ1v) is 7.96. The van der Waals surface area contributed by atoms with Crippen LogP contribution in [-0.2, 0) is 11.3 Å². The third kappa shape index (κ3) is 4.00. The molecule has 2 aromatic heterocycles. The van der Waals surface area contributed by atoms with Crippen LogP contribution >= 0.6 is 0 Å². The van der Waals surface area contributed by atoms with Crippen molar-refractivity contribution in [2.24, 2.45) is 11.7 Å². The highest BCUT2D eigenvalue weighted by Crippen LogP contribution is 2.23. The molecule has 1 fully saturated rings. The van der Waals surface area contributed by atoms with Crippen molar-refractivity contribution in [3.05, 3.63) is 30.2 Å². The number of hydrogen-bond donors (Lipinski definition) is 2. The van der Waals surface area contributed by atoms with Crippen LogP contribution in [0.3, 0.4) is 0 Å². The van der Waals surface area contributed by atoms with E-state index in [1.807, 2.05) is 18.2 Å². The van der Waals surface area contributed by atoms with E-state index in [1.165, 1.54) is 0 Å². The molecule has 23 heavy (non-hydrogen) atoms. The maximum absolute atomic E-state index is 12.1. The van der Waals surface area contributed by atoms with E-state index in [9.17, 15) is 4.79 Å². The van der Waals surface area contributed by atoms with Crippen molar-refractivity contribution in [2.45, 2.75) is 19.4 Å². The third-order valence-electron chi connectivity index (χ3n) is 4.03. The van der Waals surface area contributed by atoms with Crippen molar-refractivity contribution in [2.75, 3.05) is 26.2 Å². The fraction of sp³-hybridized carbons (Fsp3) is 0.500. The number of nitrogens with one attached hydrogen (secondary N) is 1. The van der Waals surface area contributed by atoms with Crippen molar-refractivity contribution >= 4 is 5.91 Å². The molecule has 7 nitrogen and oxygen atoms in total. The summed E-state index contributed by atoms with van der Waals surface area (Å²) in [5, 5.41) is 6.96. The predicted molar refractivity (Wildman–Crippen MR) is 84.3 cm³/mol. The molecule has 3 rings (SSSR count). The Morgan fingerprint density at radius 2 is 2.39 bits per heavy atom. The molecule has 0 aromatic carbocycles. The lowest BCUT2D eigenvalue weighted by Crippen LogP contribution is -2.43. The zero-order chi connectivity index (χ0) is 16.1. The molecule has 3 heterocycles. The van der Waals surface area contributed by atoms with Crippen LogP contribution in [0.2, 0.25) is 0 Å². The summed E-state index contributed by atoms with van der Waals surface area (Å²) in [5.41, 5.74) is 6.27. The lowest BCUT2D eigenvalue weighted by Gasteiger charge is -2.31. The highest BCUT2D eigenvalue weighted by molar-refractivity contribution is 5.78. The summed E-state index contributed by atoms with van der Waals surface area (Å²) in [6.07, 6.45) is 3.53. The number of likely N-dealkylation sites (tertiary alicyclic amines) is 1. The molecule has 3 N–H and O–H groups in total. The van der Waals surface area contributed by atoms with Crippen molar-refractivity contribution < 1.29 is 13.7 Å². The highest BCUT2D eigenvalue weighted by Gasteiger charge is 2.26. The number of nitrogens with zero attached hydrogens (tertiary/aromatic N) is 2. The summed E-state index contributed by atoms with van der Waals surface area (Å²) in [7, 11) is 0. The highest BCUT2D eigenvalue weighted by atomic mass is 16.5. The molecule has 0 aliphatic carbocycles. The molecule has 1 unspecified atom stereocenters. The Kier molecular flexibility index (Phi) is 5.09. The van der Waals surface area contributed by atoms with Gasteiger partial charge in [0.25, 0.3) is 0 Å². The summed E-state index contributed by atoms with van der Waals surface area (Å²) in [5.74, 6) is 1.41. The van der Waals surface area contributed by atoms with E-state index in [1.54, 1.807) is 6.26 Å². The summed E-state index contributed by atoms with van der Waals surface area (Å²) in [6, 6.07) is 5.53. The minimum absolute atomic E-state index is 0.0201. The minimum atomic E-state index is 0.0201. The molecule has 124 valence electrons. The Balaban J connectivity index is 1.56. The van der Waals surface area contributed by atoms with Gasteiger partial charge in [0.05, 0.1) is 17.9 Å². The van der Waals surface area contributed by atoms with Gasteiger partial charge in [-0.2, -0.15) is 0 Å². The zero-order valence-corrected chi connectivity index (χ0v) is 13.0. The number of aromatic nitrogens is 1. The first-order valence-electron chi connectivity index (χ1n) is 7.96. The number of carbonyl (C=O) groups excluding carboxylic acids is 1.